The van der Waals surface area contributed by atoms with Gasteiger partial charge in [0.1, 0.15) is 12.3 Å². The molecule has 3 rings (SSSR count). The van der Waals surface area contributed by atoms with Crippen LogP contribution in [0.5, 0.6) is 5.75 Å². The molecule has 156 valence electrons. The summed E-state index contributed by atoms with van der Waals surface area (Å²) in [5.41, 5.74) is 0.824. The molecule has 0 aliphatic rings. The number of carbonyl (C=O) groups excluding carboxylic acids is 1. The highest BCUT2D eigenvalue weighted by atomic mass is 79.9. The van der Waals surface area contributed by atoms with E-state index in [-0.39, 0.29) is 10.6 Å². The zero-order chi connectivity index (χ0) is 21.7. The fourth-order valence-electron chi connectivity index (χ4n) is 2.72. The van der Waals surface area contributed by atoms with Crippen LogP contribution in [0.4, 0.5) is 11.4 Å². The molecule has 0 aromatic heterocycles. The number of amides is 1. The van der Waals surface area contributed by atoms with Gasteiger partial charge >= 0.3 is 0 Å². The fraction of sp³-hybridized carbons (Fsp3) is 0.0952. The van der Waals surface area contributed by atoms with Gasteiger partial charge in [-0.05, 0) is 60.7 Å². The van der Waals surface area contributed by atoms with Gasteiger partial charge in [-0.1, -0.05) is 39.7 Å². The molecule has 0 saturated carbocycles. The largest absolute Gasteiger partial charge is 0.497 e. The standard InChI is InChI=1S/C21H18BrClN2O4S/c1-29-19-8-10-20(11-9-19)30(27,28)25(18-7-3-5-16(23)13-18)14-21(26)24-17-6-2-4-15(22)12-17/h2-13H,14H2,1H3,(H,24,26). The highest BCUT2D eigenvalue weighted by Gasteiger charge is 2.27. The van der Waals surface area contributed by atoms with E-state index in [1.54, 1.807) is 48.5 Å². The van der Waals surface area contributed by atoms with Crippen LogP contribution in [0, 0.1) is 0 Å². The molecule has 30 heavy (non-hydrogen) atoms. The third kappa shape index (κ3) is 5.33. The quantitative estimate of drug-likeness (QED) is 0.489. The van der Waals surface area contributed by atoms with E-state index in [0.29, 0.717) is 16.5 Å². The summed E-state index contributed by atoms with van der Waals surface area (Å²) in [4.78, 5) is 12.7. The van der Waals surface area contributed by atoms with Gasteiger partial charge in [0, 0.05) is 15.2 Å². The fourth-order valence-corrected chi connectivity index (χ4v) is 4.71. The van der Waals surface area contributed by atoms with Crippen LogP contribution in [0.25, 0.3) is 0 Å². The molecule has 0 spiro atoms. The number of nitrogens with zero attached hydrogens (tertiary/aromatic N) is 1. The number of rotatable bonds is 7. The van der Waals surface area contributed by atoms with Crippen molar-refractivity contribution in [2.75, 3.05) is 23.3 Å². The van der Waals surface area contributed by atoms with Gasteiger partial charge in [-0.15, -0.1) is 0 Å². The summed E-state index contributed by atoms with van der Waals surface area (Å²) < 4.78 is 33.6. The molecule has 0 radical (unpaired) electrons. The van der Waals surface area contributed by atoms with Crippen molar-refractivity contribution in [1.82, 2.24) is 0 Å². The van der Waals surface area contributed by atoms with Crippen molar-refractivity contribution in [3.63, 3.8) is 0 Å². The van der Waals surface area contributed by atoms with Crippen molar-refractivity contribution in [3.8, 4) is 5.75 Å². The van der Waals surface area contributed by atoms with Crippen molar-refractivity contribution in [3.05, 3.63) is 82.3 Å². The van der Waals surface area contributed by atoms with E-state index in [2.05, 4.69) is 21.2 Å². The second-order valence-electron chi connectivity index (χ2n) is 6.23. The molecule has 3 aromatic carbocycles. The van der Waals surface area contributed by atoms with Crippen LogP contribution in [-0.2, 0) is 14.8 Å². The van der Waals surface area contributed by atoms with Crippen LogP contribution in [-0.4, -0.2) is 28.0 Å². The smallest absolute Gasteiger partial charge is 0.264 e. The minimum Gasteiger partial charge on any atom is -0.497 e. The zero-order valence-corrected chi connectivity index (χ0v) is 19.0. The predicted molar refractivity (Wildman–Crippen MR) is 122 cm³/mol. The predicted octanol–water partition coefficient (Wildman–Crippen LogP) is 4.95. The average molecular weight is 510 g/mol. The van der Waals surface area contributed by atoms with E-state index in [0.717, 1.165) is 8.78 Å². The van der Waals surface area contributed by atoms with Gasteiger partial charge in [-0.3, -0.25) is 9.10 Å². The number of nitrogens with one attached hydrogen (secondary N) is 1. The van der Waals surface area contributed by atoms with Crippen molar-refractivity contribution >= 4 is 54.8 Å². The number of anilines is 2. The topological polar surface area (TPSA) is 75.7 Å². The number of ether oxygens (including phenoxy) is 1. The molecule has 9 heteroatoms. The maximum absolute atomic E-state index is 13.3. The summed E-state index contributed by atoms with van der Waals surface area (Å²) in [6, 6.07) is 19.3. The first-order valence-electron chi connectivity index (χ1n) is 8.77. The molecule has 0 saturated heterocycles. The van der Waals surface area contributed by atoms with Crippen molar-refractivity contribution in [2.24, 2.45) is 0 Å². The summed E-state index contributed by atoms with van der Waals surface area (Å²) >= 11 is 9.40. The Labute approximate surface area is 188 Å². The van der Waals surface area contributed by atoms with Gasteiger partial charge in [0.05, 0.1) is 17.7 Å². The summed E-state index contributed by atoms with van der Waals surface area (Å²) in [5.74, 6) is 0.0285. The van der Waals surface area contributed by atoms with Crippen LogP contribution in [0.2, 0.25) is 5.02 Å². The summed E-state index contributed by atoms with van der Waals surface area (Å²) in [6.45, 7) is -0.429. The Morgan fingerprint density at radius 2 is 1.77 bits per heavy atom. The number of methoxy groups -OCH3 is 1. The van der Waals surface area contributed by atoms with E-state index in [1.165, 1.54) is 25.3 Å². The maximum Gasteiger partial charge on any atom is 0.264 e. The Hall–Kier alpha value is -2.55. The molecule has 1 N–H and O–H groups in total. The molecule has 3 aromatic rings. The Morgan fingerprint density at radius 1 is 1.07 bits per heavy atom. The third-order valence-corrected chi connectivity index (χ3v) is 6.66. The first kappa shape index (κ1) is 22.1. The lowest BCUT2D eigenvalue weighted by Crippen LogP contribution is -2.38. The monoisotopic (exact) mass is 508 g/mol. The lowest BCUT2D eigenvalue weighted by atomic mass is 10.3. The molecule has 0 unspecified atom stereocenters. The molecule has 0 aliphatic carbocycles. The molecule has 0 heterocycles. The van der Waals surface area contributed by atoms with Crippen LogP contribution >= 0.6 is 27.5 Å². The summed E-state index contributed by atoms with van der Waals surface area (Å²) in [5, 5.41) is 3.07. The van der Waals surface area contributed by atoms with Crippen LogP contribution < -0.4 is 14.4 Å². The minimum absolute atomic E-state index is 0.0264. The molecule has 0 atom stereocenters. The molecule has 6 nitrogen and oxygen atoms in total. The highest BCUT2D eigenvalue weighted by molar-refractivity contribution is 9.10. The number of halogens is 2. The SMILES string of the molecule is COc1ccc(S(=O)(=O)N(CC(=O)Nc2cccc(Br)c2)c2cccc(Cl)c2)cc1. The van der Waals surface area contributed by atoms with Crippen LogP contribution in [0.1, 0.15) is 0 Å². The Morgan fingerprint density at radius 3 is 2.40 bits per heavy atom. The normalized spacial score (nSPS) is 11.0. The molecule has 1 amide bonds. The van der Waals surface area contributed by atoms with Gasteiger partial charge in [-0.2, -0.15) is 0 Å². The minimum atomic E-state index is -4.04. The molecular weight excluding hydrogens is 492 g/mol. The van der Waals surface area contributed by atoms with Gasteiger partial charge in [0.2, 0.25) is 5.91 Å². The first-order valence-corrected chi connectivity index (χ1v) is 11.4. The van der Waals surface area contributed by atoms with E-state index in [9.17, 15) is 13.2 Å². The third-order valence-electron chi connectivity index (χ3n) is 4.14. The van der Waals surface area contributed by atoms with E-state index >= 15 is 0 Å². The Balaban J connectivity index is 1.94. The van der Waals surface area contributed by atoms with E-state index in [1.807, 2.05) is 6.07 Å². The first-order chi connectivity index (χ1) is 14.3. The lowest BCUT2D eigenvalue weighted by Gasteiger charge is -2.24. The average Bonchev–Trinajstić information content (AvgIpc) is 2.72. The zero-order valence-electron chi connectivity index (χ0n) is 15.9. The number of sulfonamides is 1. The van der Waals surface area contributed by atoms with Gasteiger partial charge in [-0.25, -0.2) is 8.42 Å². The molecule has 0 bridgehead atoms. The van der Waals surface area contributed by atoms with Gasteiger partial charge < -0.3 is 10.1 Å². The molecular formula is C21H18BrClN2O4S. The molecule has 0 aliphatic heterocycles. The summed E-state index contributed by atoms with van der Waals surface area (Å²) in [6.07, 6.45) is 0. The van der Waals surface area contributed by atoms with E-state index < -0.39 is 22.5 Å². The van der Waals surface area contributed by atoms with E-state index in [4.69, 9.17) is 16.3 Å². The van der Waals surface area contributed by atoms with Crippen molar-refractivity contribution < 1.29 is 17.9 Å². The van der Waals surface area contributed by atoms with Gasteiger partial charge in [0.25, 0.3) is 10.0 Å². The Kier molecular flexibility index (Phi) is 7.02. The van der Waals surface area contributed by atoms with Crippen LogP contribution in [0.3, 0.4) is 0 Å². The number of carbonyl (C=O) groups is 1. The van der Waals surface area contributed by atoms with Crippen molar-refractivity contribution in [2.45, 2.75) is 4.90 Å². The maximum atomic E-state index is 13.3. The lowest BCUT2D eigenvalue weighted by molar-refractivity contribution is -0.114. The second kappa shape index (κ2) is 9.51. The number of hydrogen-bond acceptors (Lipinski definition) is 4. The summed E-state index contributed by atoms with van der Waals surface area (Å²) in [7, 11) is -2.55. The van der Waals surface area contributed by atoms with Crippen molar-refractivity contribution in [1.29, 1.82) is 0 Å². The van der Waals surface area contributed by atoms with Gasteiger partial charge in [0.15, 0.2) is 0 Å². The molecule has 0 fully saturated rings. The highest BCUT2D eigenvalue weighted by Crippen LogP contribution is 2.27. The second-order valence-corrected chi connectivity index (χ2v) is 9.44. The number of benzene rings is 3. The van der Waals surface area contributed by atoms with Crippen LogP contribution in [0.15, 0.2) is 82.2 Å². The number of hydrogen-bond donors (Lipinski definition) is 1. The Bertz CT molecular complexity index is 1150.